The smallest absolute Gasteiger partial charge is 0.257 e. The molecule has 1 saturated heterocycles. The maximum Gasteiger partial charge on any atom is 0.257 e. The summed E-state index contributed by atoms with van der Waals surface area (Å²) in [5.74, 6) is -0.527. The Balaban J connectivity index is 1.54. The average molecular weight is 367 g/mol. The molecule has 0 spiro atoms. The van der Waals surface area contributed by atoms with Crippen LogP contribution in [-0.2, 0) is 6.54 Å². The highest BCUT2D eigenvalue weighted by Gasteiger charge is 2.37. The van der Waals surface area contributed by atoms with Crippen molar-refractivity contribution in [3.63, 3.8) is 0 Å². The van der Waals surface area contributed by atoms with E-state index in [-0.39, 0.29) is 30.3 Å². The molecule has 2 amide bonds. The molecule has 2 aliphatic rings. The standard InChI is InChI=1S/C21H22FN3O2/c1-24-18-12-15(20(26)23-13-14-5-4-6-16(22)11-14)8-9-17(18)21(27)25-10-3-2-7-19(24)25/h4-6,8-9,11-12,19H,2-3,7,10,13H2,1H3,(H,23,26)/t19-/m1/s1. The van der Waals surface area contributed by atoms with E-state index in [1.54, 1.807) is 30.3 Å². The molecular formula is C21H22FN3O2. The number of hydrogen-bond donors (Lipinski definition) is 1. The van der Waals surface area contributed by atoms with Gasteiger partial charge in [0.05, 0.1) is 11.3 Å². The first-order chi connectivity index (χ1) is 13.0. The van der Waals surface area contributed by atoms with E-state index < -0.39 is 0 Å². The van der Waals surface area contributed by atoms with Crippen LogP contribution in [0.4, 0.5) is 10.1 Å². The number of fused-ring (bicyclic) bond motifs is 2. The van der Waals surface area contributed by atoms with Crippen LogP contribution in [0.15, 0.2) is 42.5 Å². The number of nitrogens with zero attached hydrogens (tertiary/aromatic N) is 2. The minimum absolute atomic E-state index is 0.0412. The first-order valence-corrected chi connectivity index (χ1v) is 9.25. The van der Waals surface area contributed by atoms with Gasteiger partial charge in [-0.2, -0.15) is 0 Å². The zero-order valence-corrected chi connectivity index (χ0v) is 15.2. The topological polar surface area (TPSA) is 52.7 Å². The zero-order valence-electron chi connectivity index (χ0n) is 15.2. The molecule has 0 radical (unpaired) electrons. The van der Waals surface area contributed by atoms with E-state index in [1.807, 2.05) is 11.9 Å². The number of carbonyl (C=O) groups is 2. The number of piperidine rings is 1. The lowest BCUT2D eigenvalue weighted by atomic mass is 9.97. The largest absolute Gasteiger partial charge is 0.354 e. The van der Waals surface area contributed by atoms with Crippen LogP contribution in [0.2, 0.25) is 0 Å². The molecule has 0 unspecified atom stereocenters. The molecule has 1 fully saturated rings. The average Bonchev–Trinajstić information content (AvgIpc) is 2.70. The minimum Gasteiger partial charge on any atom is -0.354 e. The van der Waals surface area contributed by atoms with Crippen molar-refractivity contribution < 1.29 is 14.0 Å². The van der Waals surface area contributed by atoms with Crippen molar-refractivity contribution in [3.8, 4) is 0 Å². The highest BCUT2D eigenvalue weighted by atomic mass is 19.1. The first kappa shape index (κ1) is 17.5. The Hall–Kier alpha value is -2.89. The van der Waals surface area contributed by atoms with Gasteiger partial charge in [0.2, 0.25) is 0 Å². The molecule has 0 aliphatic carbocycles. The van der Waals surface area contributed by atoms with Crippen molar-refractivity contribution in [1.82, 2.24) is 10.2 Å². The van der Waals surface area contributed by atoms with Gasteiger partial charge in [-0.1, -0.05) is 12.1 Å². The van der Waals surface area contributed by atoms with E-state index in [4.69, 9.17) is 0 Å². The molecule has 4 rings (SSSR count). The van der Waals surface area contributed by atoms with Crippen molar-refractivity contribution in [2.45, 2.75) is 32.0 Å². The predicted octanol–water partition coefficient (Wildman–Crippen LogP) is 3.16. The van der Waals surface area contributed by atoms with E-state index in [9.17, 15) is 14.0 Å². The summed E-state index contributed by atoms with van der Waals surface area (Å²) in [7, 11) is 1.97. The Kier molecular flexibility index (Phi) is 4.56. The molecule has 2 aromatic carbocycles. The minimum atomic E-state index is -0.326. The molecule has 140 valence electrons. The van der Waals surface area contributed by atoms with E-state index >= 15 is 0 Å². The van der Waals surface area contributed by atoms with E-state index in [2.05, 4.69) is 10.2 Å². The van der Waals surface area contributed by atoms with Crippen molar-refractivity contribution in [2.24, 2.45) is 0 Å². The van der Waals surface area contributed by atoms with Gasteiger partial charge in [-0.15, -0.1) is 0 Å². The fraction of sp³-hybridized carbons (Fsp3) is 0.333. The normalized spacial score (nSPS) is 18.7. The second-order valence-corrected chi connectivity index (χ2v) is 7.13. The van der Waals surface area contributed by atoms with Crippen LogP contribution in [0.3, 0.4) is 0 Å². The van der Waals surface area contributed by atoms with Gasteiger partial charge in [0.15, 0.2) is 0 Å². The van der Waals surface area contributed by atoms with Crippen molar-refractivity contribution in [3.05, 3.63) is 65.0 Å². The number of rotatable bonds is 3. The molecule has 6 heteroatoms. The number of hydrogen-bond acceptors (Lipinski definition) is 3. The molecule has 0 aromatic heterocycles. The predicted molar refractivity (Wildman–Crippen MR) is 101 cm³/mol. The third-order valence-electron chi connectivity index (χ3n) is 5.39. The molecule has 1 atom stereocenters. The summed E-state index contributed by atoms with van der Waals surface area (Å²) in [6, 6.07) is 11.3. The summed E-state index contributed by atoms with van der Waals surface area (Å²) in [5, 5.41) is 2.81. The van der Waals surface area contributed by atoms with Crippen LogP contribution >= 0.6 is 0 Å². The Morgan fingerprint density at radius 3 is 2.89 bits per heavy atom. The van der Waals surface area contributed by atoms with Gasteiger partial charge < -0.3 is 15.1 Å². The monoisotopic (exact) mass is 367 g/mol. The quantitative estimate of drug-likeness (QED) is 0.907. The van der Waals surface area contributed by atoms with Crippen LogP contribution < -0.4 is 10.2 Å². The lowest BCUT2D eigenvalue weighted by molar-refractivity contribution is 0.0589. The fourth-order valence-corrected chi connectivity index (χ4v) is 3.95. The van der Waals surface area contributed by atoms with Crippen LogP contribution in [-0.4, -0.2) is 36.5 Å². The highest BCUT2D eigenvalue weighted by molar-refractivity contribution is 6.04. The highest BCUT2D eigenvalue weighted by Crippen LogP contribution is 2.34. The maximum absolute atomic E-state index is 13.3. The molecule has 2 aromatic rings. The number of amides is 2. The number of carbonyl (C=O) groups excluding carboxylic acids is 2. The Morgan fingerprint density at radius 2 is 2.07 bits per heavy atom. The zero-order chi connectivity index (χ0) is 19.0. The lowest BCUT2D eigenvalue weighted by Crippen LogP contribution is -2.55. The Labute approximate surface area is 157 Å². The van der Waals surface area contributed by atoms with Gasteiger partial charge in [-0.3, -0.25) is 9.59 Å². The second-order valence-electron chi connectivity index (χ2n) is 7.13. The third-order valence-corrected chi connectivity index (χ3v) is 5.39. The molecular weight excluding hydrogens is 345 g/mol. The molecule has 2 aliphatic heterocycles. The van der Waals surface area contributed by atoms with Gasteiger partial charge in [-0.25, -0.2) is 4.39 Å². The summed E-state index contributed by atoms with van der Waals surface area (Å²) in [4.78, 5) is 29.3. The molecule has 1 N–H and O–H groups in total. The van der Waals surface area contributed by atoms with E-state index in [0.717, 1.165) is 31.5 Å². The summed E-state index contributed by atoms with van der Waals surface area (Å²) in [6.45, 7) is 1.03. The van der Waals surface area contributed by atoms with Gasteiger partial charge in [0.25, 0.3) is 11.8 Å². The van der Waals surface area contributed by atoms with Gasteiger partial charge in [0, 0.05) is 25.7 Å². The molecule has 2 heterocycles. The number of halogens is 1. The maximum atomic E-state index is 13.3. The van der Waals surface area contributed by atoms with Crippen LogP contribution in [0.25, 0.3) is 0 Å². The molecule has 27 heavy (non-hydrogen) atoms. The van der Waals surface area contributed by atoms with Gasteiger partial charge in [-0.05, 0) is 55.2 Å². The molecule has 0 saturated carbocycles. The number of benzene rings is 2. The Bertz CT molecular complexity index is 899. The number of anilines is 1. The van der Waals surface area contributed by atoms with E-state index in [1.165, 1.54) is 12.1 Å². The fourth-order valence-electron chi connectivity index (χ4n) is 3.95. The third kappa shape index (κ3) is 3.27. The second kappa shape index (κ2) is 7.02. The Morgan fingerprint density at radius 1 is 1.22 bits per heavy atom. The number of nitrogens with one attached hydrogen (secondary N) is 1. The lowest BCUT2D eigenvalue weighted by Gasteiger charge is -2.46. The SMILES string of the molecule is CN1c2cc(C(=O)NCc3cccc(F)c3)ccc2C(=O)N2CCCC[C@@H]21. The van der Waals surface area contributed by atoms with Crippen molar-refractivity contribution >= 4 is 17.5 Å². The first-order valence-electron chi connectivity index (χ1n) is 9.25. The van der Waals surface area contributed by atoms with Gasteiger partial charge in [0.1, 0.15) is 12.0 Å². The van der Waals surface area contributed by atoms with Crippen LogP contribution in [0.1, 0.15) is 45.5 Å². The summed E-state index contributed by atoms with van der Waals surface area (Å²) < 4.78 is 13.3. The summed E-state index contributed by atoms with van der Waals surface area (Å²) >= 11 is 0. The van der Waals surface area contributed by atoms with E-state index in [0.29, 0.717) is 16.7 Å². The van der Waals surface area contributed by atoms with Gasteiger partial charge >= 0.3 is 0 Å². The molecule has 5 nitrogen and oxygen atoms in total. The van der Waals surface area contributed by atoms with Crippen LogP contribution in [0, 0.1) is 5.82 Å². The van der Waals surface area contributed by atoms with Crippen LogP contribution in [0.5, 0.6) is 0 Å². The van der Waals surface area contributed by atoms with Crippen molar-refractivity contribution in [1.29, 1.82) is 0 Å². The molecule has 0 bridgehead atoms. The summed E-state index contributed by atoms with van der Waals surface area (Å²) in [5.41, 5.74) is 2.62. The summed E-state index contributed by atoms with van der Waals surface area (Å²) in [6.07, 6.45) is 3.13. The van der Waals surface area contributed by atoms with Crippen molar-refractivity contribution in [2.75, 3.05) is 18.5 Å².